The van der Waals surface area contributed by atoms with Crippen molar-refractivity contribution in [3.8, 4) is 5.75 Å². The topological polar surface area (TPSA) is 112 Å². The van der Waals surface area contributed by atoms with Gasteiger partial charge in [0.2, 0.25) is 15.9 Å². The number of hydrogen-bond donors (Lipinski definition) is 1. The number of nitrogens with zero attached hydrogens (tertiary/aromatic N) is 3. The third-order valence-corrected chi connectivity index (χ3v) is 6.07. The van der Waals surface area contributed by atoms with E-state index in [1.54, 1.807) is 42.7 Å². The predicted molar refractivity (Wildman–Crippen MR) is 128 cm³/mol. The molecule has 0 saturated heterocycles. The van der Waals surface area contributed by atoms with E-state index in [0.29, 0.717) is 27.9 Å². The molecule has 0 bridgehead atoms. The minimum atomic E-state index is -3.99. The normalized spacial score (nSPS) is 10.7. The van der Waals surface area contributed by atoms with Crippen LogP contribution in [0.5, 0.6) is 5.75 Å². The van der Waals surface area contributed by atoms with Crippen LogP contribution in [0, 0.1) is 5.92 Å². The molecule has 8 nitrogen and oxygen atoms in total. The van der Waals surface area contributed by atoms with Gasteiger partial charge >= 0.3 is 59.1 Å². The van der Waals surface area contributed by atoms with Crippen molar-refractivity contribution in [1.29, 1.82) is 0 Å². The maximum absolute atomic E-state index is 12.6. The number of anilines is 1. The Kier molecular flexibility index (Phi) is 13.2. The first kappa shape index (κ1) is 31.9. The van der Waals surface area contributed by atoms with Crippen molar-refractivity contribution in [3.63, 3.8) is 0 Å². The number of hydrogen-bond acceptors (Lipinski definition) is 6. The summed E-state index contributed by atoms with van der Waals surface area (Å²) in [5.41, 5.74) is 1.99. The minimum absolute atomic E-state index is 0. The van der Waals surface area contributed by atoms with E-state index in [2.05, 4.69) is 33.9 Å². The van der Waals surface area contributed by atoms with Gasteiger partial charge in [-0.05, 0) is 66.2 Å². The third-order valence-electron chi connectivity index (χ3n) is 4.56. The standard InChI is InChI=1S/C23H25ClN4O4S.2Na/c1-15(2)10-17-13-25-23(26-14-17)28-33(30,31)19-7-4-16(5-8-19)11-22(29)27-20-12-18(24)6-9-21(20)32-3;;/h4-9,12-15H,10-11H2,1-3H3,(H2,25,26,27,28,29);;/q;2*+1/p-1. The van der Waals surface area contributed by atoms with Crippen molar-refractivity contribution < 1.29 is 77.1 Å². The predicted octanol–water partition coefficient (Wildman–Crippen LogP) is -1.08. The Morgan fingerprint density at radius 3 is 2.26 bits per heavy atom. The average Bonchev–Trinajstić information content (AvgIpc) is 2.75. The molecule has 0 fully saturated rings. The maximum Gasteiger partial charge on any atom is 1.00 e. The Morgan fingerprint density at radius 1 is 1.06 bits per heavy atom. The van der Waals surface area contributed by atoms with Crippen molar-refractivity contribution >= 4 is 39.2 Å². The van der Waals surface area contributed by atoms with E-state index in [4.69, 9.17) is 16.3 Å². The van der Waals surface area contributed by atoms with E-state index in [0.717, 1.165) is 12.0 Å². The number of methoxy groups -OCH3 is 1. The van der Waals surface area contributed by atoms with Crippen molar-refractivity contribution in [2.75, 3.05) is 12.4 Å². The molecule has 35 heavy (non-hydrogen) atoms. The molecule has 3 rings (SSSR count). The molecular formula is C23H24ClN4Na2O4S+. The van der Waals surface area contributed by atoms with E-state index >= 15 is 0 Å². The van der Waals surface area contributed by atoms with Gasteiger partial charge in [-0.2, -0.15) is 0 Å². The minimum Gasteiger partial charge on any atom is -0.495 e. The van der Waals surface area contributed by atoms with E-state index in [9.17, 15) is 13.2 Å². The second-order valence-corrected chi connectivity index (χ2v) is 9.81. The quantitative estimate of drug-likeness (QED) is 0.350. The van der Waals surface area contributed by atoms with Crippen molar-refractivity contribution in [3.05, 3.63) is 75.7 Å². The number of rotatable bonds is 9. The van der Waals surface area contributed by atoms with Gasteiger partial charge in [0, 0.05) is 11.0 Å². The Labute approximate surface area is 255 Å². The molecule has 1 amide bonds. The van der Waals surface area contributed by atoms with Gasteiger partial charge < -0.3 is 20.0 Å². The largest absolute Gasteiger partial charge is 1.00 e. The SMILES string of the molecule is COc1ccc(Cl)cc1NC(=O)Cc1ccc(S(=O)(=O)[N-]c2ncc(CC(C)C)cn2)cc1.[Na+].[Na+]. The summed E-state index contributed by atoms with van der Waals surface area (Å²) >= 11 is 5.98. The zero-order chi connectivity index (χ0) is 24.0. The molecule has 2 aromatic carbocycles. The van der Waals surface area contributed by atoms with Crippen LogP contribution in [-0.2, 0) is 27.7 Å². The molecule has 0 atom stereocenters. The molecule has 0 aliphatic carbocycles. The number of sulfonamides is 1. The number of carbonyl (C=O) groups is 1. The van der Waals surface area contributed by atoms with Crippen molar-refractivity contribution in [2.24, 2.45) is 5.92 Å². The molecule has 174 valence electrons. The van der Waals surface area contributed by atoms with Gasteiger partial charge in [-0.1, -0.05) is 37.6 Å². The van der Waals surface area contributed by atoms with Gasteiger partial charge in [-0.3, -0.25) is 9.52 Å². The van der Waals surface area contributed by atoms with Gasteiger partial charge in [-0.25, -0.2) is 8.42 Å². The Balaban J connectivity index is 0.00000306. The number of halogens is 1. The summed E-state index contributed by atoms with van der Waals surface area (Å²) in [4.78, 5) is 20.5. The number of aromatic nitrogens is 2. The summed E-state index contributed by atoms with van der Waals surface area (Å²) < 4.78 is 34.1. The van der Waals surface area contributed by atoms with Gasteiger partial charge in [0.1, 0.15) is 5.75 Å². The van der Waals surface area contributed by atoms with Crippen LogP contribution in [0.15, 0.2) is 59.8 Å². The molecule has 0 aliphatic rings. The molecule has 1 aromatic heterocycles. The van der Waals surface area contributed by atoms with Crippen LogP contribution in [0.1, 0.15) is 25.0 Å². The first-order valence-corrected chi connectivity index (χ1v) is 12.0. The molecule has 3 aromatic rings. The summed E-state index contributed by atoms with van der Waals surface area (Å²) in [6.07, 6.45) is 4.00. The first-order chi connectivity index (χ1) is 15.7. The Morgan fingerprint density at radius 2 is 1.69 bits per heavy atom. The Hall–Kier alpha value is -1.17. The zero-order valence-electron chi connectivity index (χ0n) is 20.4. The summed E-state index contributed by atoms with van der Waals surface area (Å²) in [6.45, 7) is 4.15. The van der Waals surface area contributed by atoms with E-state index < -0.39 is 10.0 Å². The molecular weight excluding hydrogens is 510 g/mol. The number of ether oxygens (including phenoxy) is 1. The van der Waals surface area contributed by atoms with Gasteiger partial charge in [-0.15, -0.1) is 0 Å². The summed E-state index contributed by atoms with van der Waals surface area (Å²) in [5, 5.41) is 3.20. The van der Waals surface area contributed by atoms with Crippen LogP contribution >= 0.6 is 11.6 Å². The van der Waals surface area contributed by atoms with Gasteiger partial charge in [0.25, 0.3) is 0 Å². The molecule has 0 unspecified atom stereocenters. The van der Waals surface area contributed by atoms with E-state index in [1.807, 2.05) is 0 Å². The van der Waals surface area contributed by atoms with Crippen LogP contribution in [0.3, 0.4) is 0 Å². The summed E-state index contributed by atoms with van der Waals surface area (Å²) in [6, 6.07) is 10.8. The second-order valence-electron chi connectivity index (χ2n) is 7.77. The monoisotopic (exact) mass is 533 g/mol. The first-order valence-electron chi connectivity index (χ1n) is 10.2. The molecule has 0 aliphatic heterocycles. The zero-order valence-corrected chi connectivity index (χ0v) is 26.0. The second kappa shape index (κ2) is 14.5. The van der Waals surface area contributed by atoms with Crippen molar-refractivity contribution in [2.45, 2.75) is 31.6 Å². The fourth-order valence-corrected chi connectivity index (χ4v) is 4.14. The molecule has 0 saturated carbocycles. The van der Waals surface area contributed by atoms with Crippen LogP contribution in [0.4, 0.5) is 11.6 Å². The van der Waals surface area contributed by atoms with Gasteiger partial charge in [0.05, 0.1) is 24.1 Å². The summed E-state index contributed by atoms with van der Waals surface area (Å²) in [7, 11) is -2.49. The number of benzene rings is 2. The number of amides is 1. The molecule has 12 heteroatoms. The molecule has 0 spiro atoms. The number of nitrogens with one attached hydrogen (secondary N) is 1. The summed E-state index contributed by atoms with van der Waals surface area (Å²) in [5.74, 6) is 0.496. The molecule has 1 heterocycles. The van der Waals surface area contributed by atoms with Crippen LogP contribution in [0.2, 0.25) is 5.02 Å². The van der Waals surface area contributed by atoms with E-state index in [1.165, 1.54) is 19.2 Å². The smallest absolute Gasteiger partial charge is 0.495 e. The van der Waals surface area contributed by atoms with Crippen molar-refractivity contribution in [1.82, 2.24) is 9.97 Å². The van der Waals surface area contributed by atoms with Crippen LogP contribution in [0.25, 0.3) is 4.72 Å². The molecule has 0 radical (unpaired) electrons. The maximum atomic E-state index is 12.6. The average molecular weight is 534 g/mol. The fraction of sp³-hybridized carbons (Fsp3) is 0.261. The third kappa shape index (κ3) is 9.66. The fourth-order valence-electron chi connectivity index (χ4n) is 3.07. The van der Waals surface area contributed by atoms with Crippen LogP contribution in [-0.4, -0.2) is 31.4 Å². The van der Waals surface area contributed by atoms with Crippen LogP contribution < -0.4 is 69.2 Å². The molecule has 1 N–H and O–H groups in total. The number of carbonyl (C=O) groups excluding carboxylic acids is 1. The van der Waals surface area contributed by atoms with E-state index in [-0.39, 0.29) is 82.3 Å². The Bertz CT molecular complexity index is 1230. The van der Waals surface area contributed by atoms with Gasteiger partial charge in [0.15, 0.2) is 0 Å².